The minimum absolute atomic E-state index is 0.00704. The zero-order valence-electron chi connectivity index (χ0n) is 31.1. The standard InChI is InChI=1S/C46H47N7O2/c54-43(27-32-9-3-1-4-10-32)52-24-7-13-41(52)44-47-28-39(49-44)36-19-15-34(16-20-36)35-17-21-37(22-18-35)40-29-48-45(50-40)42-14-8-25-53(42)46(55)38-23-26-51(31-38)30-33-11-5-2-6-12-33/h1-6,9-12,15-22,28-29,38,41-42H,7-8,13-14,23-27,30-31H2,(H,47,49)(H,48,50)/t38-,41-,42-/m0/s1. The molecule has 0 aliphatic carbocycles. The van der Waals surface area contributed by atoms with E-state index in [0.29, 0.717) is 6.42 Å². The minimum Gasteiger partial charge on any atom is -0.340 e. The Morgan fingerprint density at radius 1 is 0.582 bits per heavy atom. The van der Waals surface area contributed by atoms with Crippen LogP contribution in [0, 0.1) is 5.92 Å². The third-order valence-electron chi connectivity index (χ3n) is 11.7. The fourth-order valence-corrected chi connectivity index (χ4v) is 8.78. The van der Waals surface area contributed by atoms with Gasteiger partial charge in [-0.1, -0.05) is 109 Å². The molecular formula is C46H47N7O2. The maximum Gasteiger partial charge on any atom is 0.227 e. The Morgan fingerprint density at radius 2 is 1.09 bits per heavy atom. The van der Waals surface area contributed by atoms with Gasteiger partial charge in [-0.2, -0.15) is 0 Å². The summed E-state index contributed by atoms with van der Waals surface area (Å²) in [6.07, 6.45) is 8.93. The number of hydrogen-bond donors (Lipinski definition) is 2. The molecule has 2 aromatic heterocycles. The number of nitrogens with zero attached hydrogens (tertiary/aromatic N) is 5. The third kappa shape index (κ3) is 7.49. The van der Waals surface area contributed by atoms with E-state index < -0.39 is 0 Å². The monoisotopic (exact) mass is 729 g/mol. The zero-order valence-corrected chi connectivity index (χ0v) is 31.1. The molecule has 9 nitrogen and oxygen atoms in total. The number of likely N-dealkylation sites (tertiary alicyclic amines) is 3. The molecule has 0 spiro atoms. The van der Waals surface area contributed by atoms with Crippen LogP contribution in [0.15, 0.2) is 122 Å². The lowest BCUT2D eigenvalue weighted by molar-refractivity contribution is -0.136. The van der Waals surface area contributed by atoms with Crippen molar-refractivity contribution in [3.63, 3.8) is 0 Å². The molecule has 3 aliphatic rings. The molecule has 5 heterocycles. The number of carbonyl (C=O) groups is 2. The first kappa shape index (κ1) is 34.9. The second kappa shape index (κ2) is 15.5. The number of nitrogens with one attached hydrogen (secondary N) is 2. The SMILES string of the molecule is O=C(Cc1ccccc1)N1CCC[C@H]1c1ncc(-c2ccc(-c3ccc(-c4cnc([C@@H]5CCCN5C(=O)[C@H]5CCN(Cc6ccccc6)C5)[nH]4)cc3)cc2)[nH]1. The van der Waals surface area contributed by atoms with Gasteiger partial charge in [0.15, 0.2) is 0 Å². The van der Waals surface area contributed by atoms with Gasteiger partial charge in [-0.05, 0) is 72.0 Å². The average Bonchev–Trinajstić information content (AvgIpc) is 4.08. The van der Waals surface area contributed by atoms with Crippen LogP contribution in [0.4, 0.5) is 0 Å². The molecule has 9 rings (SSSR count). The summed E-state index contributed by atoms with van der Waals surface area (Å²) in [5, 5.41) is 0. The third-order valence-corrected chi connectivity index (χ3v) is 11.7. The summed E-state index contributed by atoms with van der Waals surface area (Å²) in [5.41, 5.74) is 8.62. The van der Waals surface area contributed by atoms with E-state index in [9.17, 15) is 9.59 Å². The Kier molecular flexibility index (Phi) is 9.85. The van der Waals surface area contributed by atoms with Crippen molar-refractivity contribution in [2.75, 3.05) is 26.2 Å². The highest BCUT2D eigenvalue weighted by molar-refractivity contribution is 5.80. The van der Waals surface area contributed by atoms with Crippen molar-refractivity contribution in [1.82, 2.24) is 34.6 Å². The van der Waals surface area contributed by atoms with Crippen molar-refractivity contribution in [1.29, 1.82) is 0 Å². The molecular weight excluding hydrogens is 683 g/mol. The van der Waals surface area contributed by atoms with Crippen molar-refractivity contribution in [3.8, 4) is 33.6 Å². The van der Waals surface area contributed by atoms with Crippen molar-refractivity contribution >= 4 is 11.8 Å². The summed E-state index contributed by atoms with van der Waals surface area (Å²) < 4.78 is 0. The molecule has 3 saturated heterocycles. The van der Waals surface area contributed by atoms with Gasteiger partial charge in [0.1, 0.15) is 11.6 Å². The molecule has 55 heavy (non-hydrogen) atoms. The summed E-state index contributed by atoms with van der Waals surface area (Å²) in [4.78, 5) is 50.0. The number of rotatable bonds is 10. The van der Waals surface area contributed by atoms with Crippen molar-refractivity contribution in [2.24, 2.45) is 5.92 Å². The van der Waals surface area contributed by atoms with E-state index in [1.165, 1.54) is 5.56 Å². The zero-order chi connectivity index (χ0) is 37.1. The van der Waals surface area contributed by atoms with Crippen LogP contribution in [-0.4, -0.2) is 72.6 Å². The fourth-order valence-electron chi connectivity index (χ4n) is 8.78. The van der Waals surface area contributed by atoms with Crippen LogP contribution >= 0.6 is 0 Å². The van der Waals surface area contributed by atoms with Crippen LogP contribution in [0.1, 0.15) is 67.0 Å². The van der Waals surface area contributed by atoms with Gasteiger partial charge >= 0.3 is 0 Å². The second-order valence-electron chi connectivity index (χ2n) is 15.3. The molecule has 278 valence electrons. The Bertz CT molecular complexity index is 2230. The number of carbonyl (C=O) groups excluding carboxylic acids is 2. The average molecular weight is 730 g/mol. The Hall–Kier alpha value is -5.80. The first-order valence-electron chi connectivity index (χ1n) is 19.8. The number of aromatic amines is 2. The van der Waals surface area contributed by atoms with E-state index in [1.807, 2.05) is 53.7 Å². The molecule has 0 saturated carbocycles. The number of benzene rings is 4. The van der Waals surface area contributed by atoms with Crippen LogP contribution in [0.25, 0.3) is 33.6 Å². The normalized spacial score (nSPS) is 20.0. The quantitative estimate of drug-likeness (QED) is 0.148. The van der Waals surface area contributed by atoms with Crippen molar-refractivity contribution in [3.05, 3.63) is 144 Å². The van der Waals surface area contributed by atoms with E-state index in [0.717, 1.165) is 116 Å². The van der Waals surface area contributed by atoms with E-state index in [-0.39, 0.29) is 29.8 Å². The van der Waals surface area contributed by atoms with E-state index >= 15 is 0 Å². The lowest BCUT2D eigenvalue weighted by Crippen LogP contribution is -2.37. The number of aromatic nitrogens is 4. The highest BCUT2D eigenvalue weighted by Gasteiger charge is 2.38. The smallest absolute Gasteiger partial charge is 0.227 e. The van der Waals surface area contributed by atoms with Gasteiger partial charge in [-0.3, -0.25) is 14.5 Å². The second-order valence-corrected chi connectivity index (χ2v) is 15.3. The van der Waals surface area contributed by atoms with Crippen LogP contribution in [0.2, 0.25) is 0 Å². The molecule has 0 unspecified atom stereocenters. The van der Waals surface area contributed by atoms with E-state index in [1.54, 1.807) is 0 Å². The molecule has 3 fully saturated rings. The molecule has 6 aromatic rings. The van der Waals surface area contributed by atoms with Crippen molar-refractivity contribution in [2.45, 2.75) is 57.2 Å². The predicted molar refractivity (Wildman–Crippen MR) is 214 cm³/mol. The lowest BCUT2D eigenvalue weighted by atomic mass is 10.0. The molecule has 3 atom stereocenters. The first-order valence-corrected chi connectivity index (χ1v) is 19.8. The Morgan fingerprint density at radius 3 is 1.67 bits per heavy atom. The molecule has 4 aromatic carbocycles. The molecule has 2 N–H and O–H groups in total. The highest BCUT2D eigenvalue weighted by Crippen LogP contribution is 2.36. The predicted octanol–water partition coefficient (Wildman–Crippen LogP) is 8.23. The summed E-state index contributed by atoms with van der Waals surface area (Å²) >= 11 is 0. The minimum atomic E-state index is -0.0259. The fraction of sp³-hybridized carbons (Fsp3) is 0.304. The van der Waals surface area contributed by atoms with Gasteiger partial charge in [0.2, 0.25) is 11.8 Å². The Balaban J connectivity index is 0.819. The molecule has 2 amide bonds. The summed E-state index contributed by atoms with van der Waals surface area (Å²) in [6.45, 7) is 4.22. The molecule has 0 bridgehead atoms. The number of imidazole rings is 2. The maximum atomic E-state index is 13.8. The van der Waals surface area contributed by atoms with Gasteiger partial charge in [0, 0.05) is 26.2 Å². The first-order chi connectivity index (χ1) is 27.1. The van der Waals surface area contributed by atoms with Gasteiger partial charge in [-0.15, -0.1) is 0 Å². The lowest BCUT2D eigenvalue weighted by Gasteiger charge is -2.26. The van der Waals surface area contributed by atoms with Crippen LogP contribution < -0.4 is 0 Å². The number of hydrogen-bond acceptors (Lipinski definition) is 5. The number of amides is 2. The maximum absolute atomic E-state index is 13.8. The van der Waals surface area contributed by atoms with Gasteiger partial charge in [0.05, 0.1) is 48.2 Å². The van der Waals surface area contributed by atoms with Crippen LogP contribution in [-0.2, 0) is 22.6 Å². The number of H-pyrrole nitrogens is 2. The van der Waals surface area contributed by atoms with Crippen molar-refractivity contribution < 1.29 is 9.59 Å². The van der Waals surface area contributed by atoms with Crippen LogP contribution in [0.3, 0.4) is 0 Å². The van der Waals surface area contributed by atoms with Crippen LogP contribution in [0.5, 0.6) is 0 Å². The Labute approximate surface area is 322 Å². The molecule has 9 heteroatoms. The van der Waals surface area contributed by atoms with E-state index in [4.69, 9.17) is 9.97 Å². The van der Waals surface area contributed by atoms with Gasteiger partial charge in [-0.25, -0.2) is 9.97 Å². The molecule has 3 aliphatic heterocycles. The summed E-state index contributed by atoms with van der Waals surface area (Å²) in [5.74, 6) is 2.19. The largest absolute Gasteiger partial charge is 0.340 e. The van der Waals surface area contributed by atoms with Gasteiger partial charge < -0.3 is 19.8 Å². The summed E-state index contributed by atoms with van der Waals surface area (Å²) in [7, 11) is 0. The van der Waals surface area contributed by atoms with E-state index in [2.05, 4.69) is 92.6 Å². The summed E-state index contributed by atoms with van der Waals surface area (Å²) in [6, 6.07) is 37.5. The van der Waals surface area contributed by atoms with Gasteiger partial charge in [0.25, 0.3) is 0 Å². The molecule has 0 radical (unpaired) electrons. The highest BCUT2D eigenvalue weighted by atomic mass is 16.2. The topological polar surface area (TPSA) is 101 Å².